The lowest BCUT2D eigenvalue weighted by Gasteiger charge is -2.43. The molecule has 2 aliphatic rings. The highest BCUT2D eigenvalue weighted by atomic mass is 15.3. The average molecular weight is 274 g/mol. The Morgan fingerprint density at radius 3 is 3.00 bits per heavy atom. The molecule has 0 spiro atoms. The molecular weight excluding hydrogens is 248 g/mol. The topological polar surface area (TPSA) is 45.4 Å². The van der Waals surface area contributed by atoms with Crippen LogP contribution in [0.1, 0.15) is 37.9 Å². The molecule has 0 radical (unpaired) electrons. The minimum Gasteiger partial charge on any atom is -0.326 e. The first-order valence-corrected chi connectivity index (χ1v) is 7.94. The summed E-state index contributed by atoms with van der Waals surface area (Å²) in [4.78, 5) is 9.79. The average Bonchev–Trinajstić information content (AvgIpc) is 2.96. The molecule has 0 saturated carbocycles. The lowest BCUT2D eigenvalue weighted by Crippen LogP contribution is -2.54. The van der Waals surface area contributed by atoms with Crippen molar-refractivity contribution in [3.05, 3.63) is 30.1 Å². The lowest BCUT2D eigenvalue weighted by atomic mass is 9.98. The van der Waals surface area contributed by atoms with Crippen molar-refractivity contribution in [3.63, 3.8) is 0 Å². The van der Waals surface area contributed by atoms with Crippen LogP contribution in [0.3, 0.4) is 0 Å². The number of nitrogens with two attached hydrogens (primary N) is 1. The van der Waals surface area contributed by atoms with Gasteiger partial charge in [-0.1, -0.05) is 13.0 Å². The molecule has 4 nitrogen and oxygen atoms in total. The summed E-state index contributed by atoms with van der Waals surface area (Å²) in [6.45, 7) is 6.91. The summed E-state index contributed by atoms with van der Waals surface area (Å²) in [5.74, 6) is 0. The van der Waals surface area contributed by atoms with Gasteiger partial charge in [0.2, 0.25) is 0 Å². The van der Waals surface area contributed by atoms with Crippen molar-refractivity contribution < 1.29 is 0 Å². The first-order valence-electron chi connectivity index (χ1n) is 7.94. The predicted octanol–water partition coefficient (Wildman–Crippen LogP) is 1.64. The second-order valence-corrected chi connectivity index (χ2v) is 6.10. The smallest absolute Gasteiger partial charge is 0.0674 e. The maximum atomic E-state index is 6.42. The quantitative estimate of drug-likeness (QED) is 0.906. The zero-order valence-electron chi connectivity index (χ0n) is 12.4. The number of piperazine rings is 1. The molecule has 2 saturated heterocycles. The van der Waals surface area contributed by atoms with Crippen LogP contribution in [0, 0.1) is 0 Å². The third kappa shape index (κ3) is 2.73. The van der Waals surface area contributed by atoms with Gasteiger partial charge < -0.3 is 5.73 Å². The maximum absolute atomic E-state index is 6.42. The van der Waals surface area contributed by atoms with Crippen LogP contribution in [0.25, 0.3) is 0 Å². The standard InChI is InChI=1S/C16H26N4/c1-2-14(17)16(15-7-3-4-8-18-15)20-11-10-19-9-5-6-13(19)12-20/h3-4,7-8,13-14,16H,2,5-6,9-12,17H2,1H3. The van der Waals surface area contributed by atoms with E-state index in [-0.39, 0.29) is 12.1 Å². The van der Waals surface area contributed by atoms with Gasteiger partial charge in [0.25, 0.3) is 0 Å². The third-order valence-electron chi connectivity index (χ3n) is 4.88. The van der Waals surface area contributed by atoms with E-state index in [1.807, 2.05) is 12.3 Å². The van der Waals surface area contributed by atoms with Gasteiger partial charge in [0.15, 0.2) is 0 Å². The molecule has 3 heterocycles. The Morgan fingerprint density at radius 1 is 1.35 bits per heavy atom. The van der Waals surface area contributed by atoms with E-state index >= 15 is 0 Å². The van der Waals surface area contributed by atoms with E-state index in [4.69, 9.17) is 5.73 Å². The molecule has 1 aromatic rings. The van der Waals surface area contributed by atoms with Crippen LogP contribution >= 0.6 is 0 Å². The van der Waals surface area contributed by atoms with Crippen LogP contribution in [0.2, 0.25) is 0 Å². The van der Waals surface area contributed by atoms with Gasteiger partial charge >= 0.3 is 0 Å². The predicted molar refractivity (Wildman–Crippen MR) is 81.4 cm³/mol. The Hall–Kier alpha value is -0.970. The molecule has 1 aromatic heterocycles. The highest BCUT2D eigenvalue weighted by Gasteiger charge is 2.35. The number of hydrogen-bond acceptors (Lipinski definition) is 4. The summed E-state index contributed by atoms with van der Waals surface area (Å²) in [5, 5.41) is 0. The van der Waals surface area contributed by atoms with Gasteiger partial charge in [-0.2, -0.15) is 0 Å². The van der Waals surface area contributed by atoms with Crippen molar-refractivity contribution in [2.24, 2.45) is 5.73 Å². The number of fused-ring (bicyclic) bond motifs is 1. The molecule has 20 heavy (non-hydrogen) atoms. The van der Waals surface area contributed by atoms with E-state index in [0.29, 0.717) is 0 Å². The molecule has 2 N–H and O–H groups in total. The maximum Gasteiger partial charge on any atom is 0.0674 e. The van der Waals surface area contributed by atoms with Crippen LogP contribution in [0.5, 0.6) is 0 Å². The minimum atomic E-state index is 0.165. The number of rotatable bonds is 4. The summed E-state index contributed by atoms with van der Waals surface area (Å²) in [5.41, 5.74) is 7.55. The van der Waals surface area contributed by atoms with Gasteiger partial charge in [0.1, 0.15) is 0 Å². The van der Waals surface area contributed by atoms with Crippen LogP contribution < -0.4 is 5.73 Å². The Bertz CT molecular complexity index is 422. The van der Waals surface area contributed by atoms with E-state index in [2.05, 4.69) is 33.8 Å². The monoisotopic (exact) mass is 274 g/mol. The van der Waals surface area contributed by atoms with E-state index < -0.39 is 0 Å². The fraction of sp³-hybridized carbons (Fsp3) is 0.688. The van der Waals surface area contributed by atoms with Crippen LogP contribution in [-0.2, 0) is 0 Å². The molecule has 0 amide bonds. The van der Waals surface area contributed by atoms with Gasteiger partial charge in [-0.05, 0) is 37.9 Å². The van der Waals surface area contributed by atoms with Crippen molar-refractivity contribution in [1.29, 1.82) is 0 Å². The first kappa shape index (κ1) is 14.0. The molecule has 2 aliphatic heterocycles. The summed E-state index contributed by atoms with van der Waals surface area (Å²) >= 11 is 0. The van der Waals surface area contributed by atoms with Gasteiger partial charge in [-0.3, -0.25) is 14.8 Å². The van der Waals surface area contributed by atoms with Crippen molar-refractivity contribution >= 4 is 0 Å². The van der Waals surface area contributed by atoms with Gasteiger partial charge in [-0.25, -0.2) is 0 Å². The van der Waals surface area contributed by atoms with Crippen molar-refractivity contribution in [2.75, 3.05) is 26.2 Å². The molecule has 3 rings (SSSR count). The van der Waals surface area contributed by atoms with Gasteiger partial charge in [0, 0.05) is 37.9 Å². The highest BCUT2D eigenvalue weighted by Crippen LogP contribution is 2.29. The fourth-order valence-corrected chi connectivity index (χ4v) is 3.72. The van der Waals surface area contributed by atoms with E-state index in [0.717, 1.165) is 31.2 Å². The second kappa shape index (κ2) is 6.20. The molecule has 4 heteroatoms. The molecule has 2 fully saturated rings. The zero-order valence-corrected chi connectivity index (χ0v) is 12.4. The number of aromatic nitrogens is 1. The SMILES string of the molecule is CCC(N)C(c1ccccn1)N1CCN2CCCC2C1. The number of nitrogens with zero attached hydrogens (tertiary/aromatic N) is 3. The van der Waals surface area contributed by atoms with Crippen molar-refractivity contribution in [3.8, 4) is 0 Å². The second-order valence-electron chi connectivity index (χ2n) is 6.10. The van der Waals surface area contributed by atoms with E-state index in [1.54, 1.807) is 0 Å². The summed E-state index contributed by atoms with van der Waals surface area (Å²) in [6, 6.07) is 7.35. The summed E-state index contributed by atoms with van der Waals surface area (Å²) in [6.07, 6.45) is 5.57. The molecule has 0 bridgehead atoms. The van der Waals surface area contributed by atoms with Gasteiger partial charge in [-0.15, -0.1) is 0 Å². The van der Waals surface area contributed by atoms with Crippen LogP contribution in [-0.4, -0.2) is 53.0 Å². The Morgan fingerprint density at radius 2 is 2.25 bits per heavy atom. The minimum absolute atomic E-state index is 0.165. The molecule has 3 atom stereocenters. The Balaban J connectivity index is 1.79. The van der Waals surface area contributed by atoms with Crippen LogP contribution in [0.15, 0.2) is 24.4 Å². The third-order valence-corrected chi connectivity index (χ3v) is 4.88. The van der Waals surface area contributed by atoms with E-state index in [9.17, 15) is 0 Å². The first-order chi connectivity index (χ1) is 9.79. The molecule has 0 aromatic carbocycles. The van der Waals surface area contributed by atoms with Crippen molar-refractivity contribution in [1.82, 2.24) is 14.8 Å². The number of hydrogen-bond donors (Lipinski definition) is 1. The lowest BCUT2D eigenvalue weighted by molar-refractivity contribution is 0.0593. The molecular formula is C16H26N4. The normalized spacial score (nSPS) is 27.2. The molecule has 3 unspecified atom stereocenters. The zero-order chi connectivity index (χ0) is 13.9. The van der Waals surface area contributed by atoms with E-state index in [1.165, 1.54) is 25.9 Å². The molecule has 110 valence electrons. The molecule has 0 aliphatic carbocycles. The van der Waals surface area contributed by atoms with Gasteiger partial charge in [0.05, 0.1) is 11.7 Å². The Labute approximate surface area is 122 Å². The Kier molecular flexibility index (Phi) is 4.34. The number of pyridine rings is 1. The summed E-state index contributed by atoms with van der Waals surface area (Å²) < 4.78 is 0. The largest absolute Gasteiger partial charge is 0.326 e. The highest BCUT2D eigenvalue weighted by molar-refractivity contribution is 5.12. The van der Waals surface area contributed by atoms with Crippen molar-refractivity contribution in [2.45, 2.75) is 44.3 Å². The summed E-state index contributed by atoms with van der Waals surface area (Å²) in [7, 11) is 0. The fourth-order valence-electron chi connectivity index (χ4n) is 3.72. The van der Waals surface area contributed by atoms with Crippen LogP contribution in [0.4, 0.5) is 0 Å².